The molecule has 0 bridgehead atoms. The Kier molecular flexibility index (Phi) is 16.7. The van der Waals surface area contributed by atoms with E-state index in [2.05, 4.69) is 42.7 Å². The van der Waals surface area contributed by atoms with Gasteiger partial charge in [-0.3, -0.25) is 14.4 Å². The van der Waals surface area contributed by atoms with E-state index in [1.807, 2.05) is 35.4 Å². The van der Waals surface area contributed by atoms with Crippen LogP contribution in [0.3, 0.4) is 0 Å². The van der Waals surface area contributed by atoms with Gasteiger partial charge in [0, 0.05) is 42.9 Å². The first-order valence-electron chi connectivity index (χ1n) is 18.5. The topological polar surface area (TPSA) is 129 Å². The molecule has 4 rings (SSSR count). The zero-order valence-electron chi connectivity index (χ0n) is 29.8. The van der Waals surface area contributed by atoms with E-state index in [9.17, 15) is 19.2 Å². The molecule has 9 unspecified atom stereocenters. The average Bonchev–Trinajstić information content (AvgIpc) is 3.59. The van der Waals surface area contributed by atoms with Gasteiger partial charge in [0.05, 0.1) is 25.6 Å². The van der Waals surface area contributed by atoms with Gasteiger partial charge in [-0.2, -0.15) is 0 Å². The van der Waals surface area contributed by atoms with Crippen molar-refractivity contribution in [3.63, 3.8) is 0 Å². The molecular formula is C37H58N2O8S2. The van der Waals surface area contributed by atoms with E-state index in [1.54, 1.807) is 0 Å². The Morgan fingerprint density at radius 2 is 1.84 bits per heavy atom. The van der Waals surface area contributed by atoms with Gasteiger partial charge in [0.2, 0.25) is 5.91 Å². The SMILES string of the molecule is CCC(C)C(=O)OC1CC(C)C=C2C=CC(C)C(CCC3CC(OC(=O)NCCOCCNC(=O)CCCCC4CCSS4)CC(=O)O3)C21. The fourth-order valence-electron chi connectivity index (χ4n) is 7.24. The highest BCUT2D eigenvalue weighted by atomic mass is 33.1. The first kappa shape index (κ1) is 39.6. The van der Waals surface area contributed by atoms with Crippen LogP contribution in [0.25, 0.3) is 0 Å². The molecule has 0 radical (unpaired) electrons. The average molecular weight is 723 g/mol. The van der Waals surface area contributed by atoms with Crippen LogP contribution in [-0.2, 0) is 33.3 Å². The van der Waals surface area contributed by atoms with Crippen LogP contribution in [0.2, 0.25) is 0 Å². The van der Waals surface area contributed by atoms with E-state index >= 15 is 0 Å². The fourth-order valence-corrected chi connectivity index (χ4v) is 10.3. The highest BCUT2D eigenvalue weighted by Crippen LogP contribution is 2.45. The van der Waals surface area contributed by atoms with Crippen molar-refractivity contribution in [3.05, 3.63) is 23.8 Å². The highest BCUT2D eigenvalue weighted by molar-refractivity contribution is 8.77. The molecule has 2 N–H and O–H groups in total. The molecule has 2 saturated heterocycles. The number of allylic oxidation sites excluding steroid dienone is 3. The molecule has 276 valence electrons. The van der Waals surface area contributed by atoms with E-state index in [4.69, 9.17) is 18.9 Å². The van der Waals surface area contributed by atoms with Gasteiger partial charge in [-0.15, -0.1) is 0 Å². The van der Waals surface area contributed by atoms with Gasteiger partial charge in [-0.1, -0.05) is 73.9 Å². The molecule has 2 fully saturated rings. The van der Waals surface area contributed by atoms with Crippen LogP contribution < -0.4 is 10.6 Å². The van der Waals surface area contributed by atoms with Crippen LogP contribution >= 0.6 is 21.6 Å². The van der Waals surface area contributed by atoms with Crippen molar-refractivity contribution in [3.8, 4) is 0 Å². The van der Waals surface area contributed by atoms with Gasteiger partial charge in [-0.05, 0) is 68.3 Å². The lowest BCUT2D eigenvalue weighted by molar-refractivity contribution is -0.162. The minimum atomic E-state index is -0.590. The molecule has 49 heavy (non-hydrogen) atoms. The first-order chi connectivity index (χ1) is 23.6. The van der Waals surface area contributed by atoms with Crippen molar-refractivity contribution in [1.29, 1.82) is 0 Å². The van der Waals surface area contributed by atoms with Crippen LogP contribution in [0, 0.1) is 29.6 Å². The molecule has 0 aromatic carbocycles. The second-order valence-electron chi connectivity index (χ2n) is 14.2. The number of unbranched alkanes of at least 4 members (excludes halogenated alkanes) is 1. The number of amides is 2. The number of rotatable bonds is 18. The maximum Gasteiger partial charge on any atom is 0.407 e. The summed E-state index contributed by atoms with van der Waals surface area (Å²) >= 11 is 0. The molecule has 2 aliphatic heterocycles. The number of esters is 2. The maximum absolute atomic E-state index is 12.8. The number of alkyl carbamates (subject to hydrolysis) is 1. The minimum Gasteiger partial charge on any atom is -0.462 e. The Hall–Kier alpha value is -2.18. The number of cyclic esters (lactones) is 1. The summed E-state index contributed by atoms with van der Waals surface area (Å²) in [7, 11) is 3.93. The number of ether oxygens (including phenoxy) is 4. The van der Waals surface area contributed by atoms with Crippen LogP contribution in [0.15, 0.2) is 23.8 Å². The fraction of sp³-hybridized carbons (Fsp3) is 0.784. The Balaban J connectivity index is 1.12. The van der Waals surface area contributed by atoms with E-state index in [1.165, 1.54) is 24.2 Å². The normalized spacial score (nSPS) is 30.0. The Labute approximate surface area is 300 Å². The molecule has 12 heteroatoms. The summed E-state index contributed by atoms with van der Waals surface area (Å²) in [5, 5.41) is 6.32. The second kappa shape index (κ2) is 20.6. The van der Waals surface area contributed by atoms with E-state index in [0.717, 1.165) is 37.4 Å². The summed E-state index contributed by atoms with van der Waals surface area (Å²) in [6.45, 7) is 9.62. The van der Waals surface area contributed by atoms with Crippen molar-refractivity contribution in [2.75, 3.05) is 32.1 Å². The van der Waals surface area contributed by atoms with Crippen molar-refractivity contribution < 1.29 is 38.1 Å². The number of fused-ring (bicyclic) bond motifs is 1. The monoisotopic (exact) mass is 722 g/mol. The van der Waals surface area contributed by atoms with Gasteiger partial charge >= 0.3 is 18.0 Å². The Bertz CT molecular complexity index is 1160. The molecular weight excluding hydrogens is 665 g/mol. The Morgan fingerprint density at radius 1 is 1.04 bits per heavy atom. The predicted molar refractivity (Wildman–Crippen MR) is 194 cm³/mol. The van der Waals surface area contributed by atoms with Crippen LogP contribution in [-0.4, -0.2) is 79.6 Å². The third kappa shape index (κ3) is 13.1. The standard InChI is InChI=1S/C37H58N2O8S2/c1-5-25(3)36(42)47-32-21-24(2)20-27-11-10-26(4)31(35(27)32)13-12-28-22-29(23-34(41)45-28)46-37(43)39-16-18-44-17-15-38-33(40)9-7-6-8-30-14-19-48-49-30/h10-11,20,24-26,28-32,35H,5-9,12-19,21-23H2,1-4H3,(H,38,40)(H,39,43). The van der Waals surface area contributed by atoms with Crippen molar-refractivity contribution in [2.45, 2.75) is 122 Å². The number of hydrogen-bond donors (Lipinski definition) is 2. The van der Waals surface area contributed by atoms with E-state index in [-0.39, 0.29) is 73.3 Å². The number of carbonyl (C=O) groups is 4. The van der Waals surface area contributed by atoms with Gasteiger partial charge in [0.15, 0.2) is 0 Å². The zero-order valence-corrected chi connectivity index (χ0v) is 31.5. The van der Waals surface area contributed by atoms with Crippen LogP contribution in [0.1, 0.15) is 98.3 Å². The number of nitrogens with one attached hydrogen (secondary N) is 2. The minimum absolute atomic E-state index is 0.0301. The third-order valence-electron chi connectivity index (χ3n) is 10.2. The second-order valence-corrected chi connectivity index (χ2v) is 17.0. The largest absolute Gasteiger partial charge is 0.462 e. The molecule has 9 atom stereocenters. The summed E-state index contributed by atoms with van der Waals surface area (Å²) in [5.41, 5.74) is 1.23. The van der Waals surface area contributed by atoms with E-state index < -0.39 is 12.2 Å². The number of carbonyl (C=O) groups excluding carboxylic acids is 4. The lowest BCUT2D eigenvalue weighted by Gasteiger charge is -2.43. The van der Waals surface area contributed by atoms with Gasteiger partial charge < -0.3 is 29.6 Å². The van der Waals surface area contributed by atoms with E-state index in [0.29, 0.717) is 38.3 Å². The van der Waals surface area contributed by atoms with Crippen molar-refractivity contribution in [2.24, 2.45) is 29.6 Å². The summed E-state index contributed by atoms with van der Waals surface area (Å²) < 4.78 is 23.0. The molecule has 0 aromatic heterocycles. The molecule has 0 saturated carbocycles. The van der Waals surface area contributed by atoms with Gasteiger partial charge in [0.1, 0.15) is 18.3 Å². The molecule has 4 aliphatic rings. The molecule has 2 heterocycles. The lowest BCUT2D eigenvalue weighted by atomic mass is 9.65. The van der Waals surface area contributed by atoms with Crippen LogP contribution in [0.5, 0.6) is 0 Å². The zero-order chi connectivity index (χ0) is 35.2. The quantitative estimate of drug-likeness (QED) is 0.0677. The summed E-state index contributed by atoms with van der Waals surface area (Å²) in [4.78, 5) is 49.8. The van der Waals surface area contributed by atoms with Crippen LogP contribution in [0.4, 0.5) is 4.79 Å². The summed E-state index contributed by atoms with van der Waals surface area (Å²) in [6, 6.07) is 0. The summed E-state index contributed by atoms with van der Waals surface area (Å²) in [6.07, 6.45) is 13.5. The van der Waals surface area contributed by atoms with Crippen molar-refractivity contribution >= 4 is 45.5 Å². The molecule has 0 spiro atoms. The molecule has 2 amide bonds. The predicted octanol–water partition coefficient (Wildman–Crippen LogP) is 6.78. The van der Waals surface area contributed by atoms with Crippen molar-refractivity contribution in [1.82, 2.24) is 10.6 Å². The maximum atomic E-state index is 12.8. The van der Waals surface area contributed by atoms with Gasteiger partial charge in [-0.25, -0.2) is 4.79 Å². The molecule has 0 aromatic rings. The third-order valence-corrected chi connectivity index (χ3v) is 13.2. The first-order valence-corrected chi connectivity index (χ1v) is 20.9. The lowest BCUT2D eigenvalue weighted by Crippen LogP contribution is -2.42. The Morgan fingerprint density at radius 3 is 2.59 bits per heavy atom. The summed E-state index contributed by atoms with van der Waals surface area (Å²) in [5.74, 6) is 1.61. The number of hydrogen-bond acceptors (Lipinski definition) is 10. The molecule has 2 aliphatic carbocycles. The highest BCUT2D eigenvalue weighted by Gasteiger charge is 2.42. The van der Waals surface area contributed by atoms with Gasteiger partial charge in [0.25, 0.3) is 0 Å². The smallest absolute Gasteiger partial charge is 0.407 e. The molecule has 10 nitrogen and oxygen atoms in total.